The van der Waals surface area contributed by atoms with E-state index in [4.69, 9.17) is 9.47 Å². The first-order chi connectivity index (χ1) is 13.0. The van der Waals surface area contributed by atoms with Crippen LogP contribution in [0.5, 0.6) is 5.75 Å². The van der Waals surface area contributed by atoms with Crippen LogP contribution in [0.15, 0.2) is 54.6 Å². The van der Waals surface area contributed by atoms with E-state index in [-0.39, 0.29) is 6.61 Å². The van der Waals surface area contributed by atoms with Crippen molar-refractivity contribution in [3.63, 3.8) is 0 Å². The third kappa shape index (κ3) is 6.47. The molecule has 0 bridgehead atoms. The Balaban J connectivity index is 1.72. The molecule has 2 aromatic carbocycles. The van der Waals surface area contributed by atoms with E-state index in [2.05, 4.69) is 10.9 Å². The quantitative estimate of drug-likeness (QED) is 0.574. The fourth-order valence-corrected chi connectivity index (χ4v) is 2.13. The first-order valence-corrected chi connectivity index (χ1v) is 8.56. The molecule has 27 heavy (non-hydrogen) atoms. The molecule has 2 aromatic rings. The largest absolute Gasteiger partial charge is 0.482 e. The molecule has 0 aromatic heterocycles. The molecular formula is C20H22N2O5. The summed E-state index contributed by atoms with van der Waals surface area (Å²) in [6, 6.07) is 15.7. The number of rotatable bonds is 7. The summed E-state index contributed by atoms with van der Waals surface area (Å²) in [4.78, 5) is 35.6. The fourth-order valence-electron chi connectivity index (χ4n) is 2.13. The molecule has 0 saturated heterocycles. The van der Waals surface area contributed by atoms with Gasteiger partial charge in [0.25, 0.3) is 11.8 Å². The minimum atomic E-state index is -1.08. The zero-order valence-electron chi connectivity index (χ0n) is 15.2. The number of ether oxygens (including phenoxy) is 2. The zero-order chi connectivity index (χ0) is 19.6. The van der Waals surface area contributed by atoms with Crippen LogP contribution in [0, 0.1) is 0 Å². The number of aryl methyl sites for hydroxylation is 1. The molecule has 0 saturated carbocycles. The van der Waals surface area contributed by atoms with Crippen LogP contribution in [0.25, 0.3) is 0 Å². The Hall–Kier alpha value is -3.35. The Kier molecular flexibility index (Phi) is 7.37. The van der Waals surface area contributed by atoms with Crippen LogP contribution in [-0.2, 0) is 20.7 Å². The van der Waals surface area contributed by atoms with E-state index in [0.29, 0.717) is 11.3 Å². The van der Waals surface area contributed by atoms with Gasteiger partial charge in [-0.1, -0.05) is 37.3 Å². The number of amides is 2. The summed E-state index contributed by atoms with van der Waals surface area (Å²) in [5.41, 5.74) is 6.03. The molecule has 0 radical (unpaired) electrons. The van der Waals surface area contributed by atoms with Crippen molar-refractivity contribution in [2.45, 2.75) is 26.4 Å². The van der Waals surface area contributed by atoms with E-state index >= 15 is 0 Å². The molecule has 7 heteroatoms. The third-order valence-corrected chi connectivity index (χ3v) is 3.70. The first kappa shape index (κ1) is 20.0. The van der Waals surface area contributed by atoms with E-state index in [1.54, 1.807) is 42.5 Å². The van der Waals surface area contributed by atoms with Crippen LogP contribution in [-0.4, -0.2) is 30.5 Å². The van der Waals surface area contributed by atoms with Crippen LogP contribution < -0.4 is 15.6 Å². The van der Waals surface area contributed by atoms with Gasteiger partial charge in [-0.2, -0.15) is 0 Å². The second kappa shape index (κ2) is 9.96. The number of hydrazine groups is 1. The average molecular weight is 370 g/mol. The standard InChI is InChI=1S/C20H22N2O5/c1-3-15-9-11-17(12-10-15)26-13-18(23)27-14(2)19(24)21-22-20(25)16-7-5-4-6-8-16/h4-12,14H,3,13H2,1-2H3,(H,21,24)(H,22,25)/t14-/m0/s1. The zero-order valence-corrected chi connectivity index (χ0v) is 15.2. The SMILES string of the molecule is CCc1ccc(OCC(=O)O[C@@H](C)C(=O)NNC(=O)c2ccccc2)cc1. The molecule has 0 aliphatic heterocycles. The lowest BCUT2D eigenvalue weighted by molar-refractivity contribution is -0.156. The van der Waals surface area contributed by atoms with Crippen LogP contribution in [0.3, 0.4) is 0 Å². The highest BCUT2D eigenvalue weighted by atomic mass is 16.6. The van der Waals surface area contributed by atoms with Gasteiger partial charge >= 0.3 is 5.97 Å². The normalized spacial score (nSPS) is 11.2. The van der Waals surface area contributed by atoms with Crippen LogP contribution in [0.1, 0.15) is 29.8 Å². The van der Waals surface area contributed by atoms with E-state index in [9.17, 15) is 14.4 Å². The van der Waals surface area contributed by atoms with Gasteiger partial charge in [0.2, 0.25) is 0 Å². The maximum atomic E-state index is 11.9. The Morgan fingerprint density at radius 1 is 0.963 bits per heavy atom. The summed E-state index contributed by atoms with van der Waals surface area (Å²) in [6.07, 6.45) is -0.171. The van der Waals surface area contributed by atoms with Gasteiger partial charge in [0, 0.05) is 5.56 Å². The molecule has 7 nitrogen and oxygen atoms in total. The highest BCUT2D eigenvalue weighted by Crippen LogP contribution is 2.12. The smallest absolute Gasteiger partial charge is 0.344 e. The van der Waals surface area contributed by atoms with Gasteiger partial charge in [0.1, 0.15) is 5.75 Å². The molecule has 2 rings (SSSR count). The number of carbonyl (C=O) groups excluding carboxylic acids is 3. The van der Waals surface area contributed by atoms with E-state index in [1.165, 1.54) is 6.92 Å². The summed E-state index contributed by atoms with van der Waals surface area (Å²) in [6.45, 7) is 3.12. The van der Waals surface area contributed by atoms with Crippen molar-refractivity contribution in [3.8, 4) is 5.75 Å². The summed E-state index contributed by atoms with van der Waals surface area (Å²) in [5, 5.41) is 0. The number of esters is 1. The summed E-state index contributed by atoms with van der Waals surface area (Å²) >= 11 is 0. The molecule has 0 unspecified atom stereocenters. The van der Waals surface area contributed by atoms with Gasteiger partial charge in [-0.3, -0.25) is 20.4 Å². The Morgan fingerprint density at radius 2 is 1.63 bits per heavy atom. The van der Waals surface area contributed by atoms with Gasteiger partial charge < -0.3 is 9.47 Å². The molecule has 2 N–H and O–H groups in total. The van der Waals surface area contributed by atoms with Crippen LogP contribution in [0.4, 0.5) is 0 Å². The van der Waals surface area contributed by atoms with Gasteiger partial charge in [-0.25, -0.2) is 4.79 Å². The Morgan fingerprint density at radius 3 is 2.26 bits per heavy atom. The van der Waals surface area contributed by atoms with E-state index in [0.717, 1.165) is 12.0 Å². The number of nitrogens with one attached hydrogen (secondary N) is 2. The predicted molar refractivity (Wildman–Crippen MR) is 98.9 cm³/mol. The summed E-state index contributed by atoms with van der Waals surface area (Å²) in [7, 11) is 0. The minimum absolute atomic E-state index is 0.320. The van der Waals surface area contributed by atoms with E-state index < -0.39 is 23.9 Å². The molecule has 0 aliphatic carbocycles. The van der Waals surface area contributed by atoms with Crippen LogP contribution in [0.2, 0.25) is 0 Å². The van der Waals surface area contributed by atoms with Crippen molar-refractivity contribution in [1.29, 1.82) is 0 Å². The molecule has 0 aliphatic rings. The van der Waals surface area contributed by atoms with Crippen molar-refractivity contribution < 1.29 is 23.9 Å². The number of carbonyl (C=O) groups is 3. The molecule has 1 atom stereocenters. The van der Waals surface area contributed by atoms with Gasteiger partial charge in [-0.05, 0) is 43.2 Å². The minimum Gasteiger partial charge on any atom is -0.482 e. The molecular weight excluding hydrogens is 348 g/mol. The Bertz CT molecular complexity index is 775. The molecule has 2 amide bonds. The second-order valence-corrected chi connectivity index (χ2v) is 5.73. The van der Waals surface area contributed by atoms with E-state index in [1.807, 2.05) is 19.1 Å². The monoisotopic (exact) mass is 370 g/mol. The number of hydrogen-bond donors (Lipinski definition) is 2. The maximum absolute atomic E-state index is 11.9. The van der Waals surface area contributed by atoms with Crippen molar-refractivity contribution in [1.82, 2.24) is 10.9 Å². The predicted octanol–water partition coefficient (Wildman–Crippen LogP) is 2.02. The van der Waals surface area contributed by atoms with Crippen molar-refractivity contribution in [3.05, 3.63) is 65.7 Å². The second-order valence-electron chi connectivity index (χ2n) is 5.73. The highest BCUT2D eigenvalue weighted by Gasteiger charge is 2.19. The van der Waals surface area contributed by atoms with Gasteiger partial charge in [-0.15, -0.1) is 0 Å². The summed E-state index contributed by atoms with van der Waals surface area (Å²) in [5.74, 6) is -1.27. The van der Waals surface area contributed by atoms with Crippen LogP contribution >= 0.6 is 0 Å². The fraction of sp³-hybridized carbons (Fsp3) is 0.250. The van der Waals surface area contributed by atoms with Crippen molar-refractivity contribution >= 4 is 17.8 Å². The number of hydrogen-bond acceptors (Lipinski definition) is 5. The van der Waals surface area contributed by atoms with Crippen molar-refractivity contribution in [2.24, 2.45) is 0 Å². The maximum Gasteiger partial charge on any atom is 0.344 e. The third-order valence-electron chi connectivity index (χ3n) is 3.70. The van der Waals surface area contributed by atoms with Gasteiger partial charge in [0.05, 0.1) is 0 Å². The molecule has 142 valence electrons. The van der Waals surface area contributed by atoms with Crippen molar-refractivity contribution in [2.75, 3.05) is 6.61 Å². The average Bonchev–Trinajstić information content (AvgIpc) is 2.71. The highest BCUT2D eigenvalue weighted by molar-refractivity contribution is 5.95. The number of benzene rings is 2. The Labute approximate surface area is 157 Å². The lowest BCUT2D eigenvalue weighted by atomic mass is 10.2. The lowest BCUT2D eigenvalue weighted by Crippen LogP contribution is -2.47. The topological polar surface area (TPSA) is 93.7 Å². The first-order valence-electron chi connectivity index (χ1n) is 8.56. The lowest BCUT2D eigenvalue weighted by Gasteiger charge is -2.14. The molecule has 0 heterocycles. The molecule has 0 spiro atoms. The molecule has 0 fully saturated rings. The summed E-state index contributed by atoms with van der Waals surface area (Å²) < 4.78 is 10.3. The van der Waals surface area contributed by atoms with Gasteiger partial charge in [0.15, 0.2) is 12.7 Å².